The number of benzene rings is 2. The molecule has 0 bridgehead atoms. The molecule has 1 aliphatic heterocycles. The fourth-order valence-corrected chi connectivity index (χ4v) is 4.15. The molecule has 1 saturated heterocycles. The van der Waals surface area contributed by atoms with E-state index < -0.39 is 17.7 Å². The van der Waals surface area contributed by atoms with Crippen LogP contribution in [0.5, 0.6) is 17.2 Å². The summed E-state index contributed by atoms with van der Waals surface area (Å²) >= 11 is 0. The Hall–Kier alpha value is -3.52. The summed E-state index contributed by atoms with van der Waals surface area (Å²) in [6, 6.07) is 9.61. The van der Waals surface area contributed by atoms with Gasteiger partial charge in [-0.3, -0.25) is 9.59 Å². The average molecular weight is 498 g/mol. The first-order valence-electron chi connectivity index (χ1n) is 12.0. The van der Waals surface area contributed by atoms with E-state index >= 15 is 0 Å². The van der Waals surface area contributed by atoms with Crippen molar-refractivity contribution in [2.45, 2.75) is 33.7 Å². The summed E-state index contributed by atoms with van der Waals surface area (Å²) in [5.74, 6) is 0.322. The number of aliphatic hydroxyl groups is 1. The Morgan fingerprint density at radius 1 is 1.03 bits per heavy atom. The molecule has 2 aromatic carbocycles. The Morgan fingerprint density at radius 3 is 2.36 bits per heavy atom. The highest BCUT2D eigenvalue weighted by molar-refractivity contribution is 6.46. The predicted octanol–water partition coefficient (Wildman–Crippen LogP) is 4.51. The van der Waals surface area contributed by atoms with Gasteiger partial charge in [0.2, 0.25) is 0 Å². The molecule has 0 saturated carbocycles. The first-order chi connectivity index (χ1) is 17.2. The molecule has 1 amide bonds. The van der Waals surface area contributed by atoms with Crippen LogP contribution in [0.25, 0.3) is 5.76 Å². The molecular formula is C28H35NO7. The van der Waals surface area contributed by atoms with Crippen molar-refractivity contribution in [2.75, 3.05) is 40.6 Å². The van der Waals surface area contributed by atoms with Crippen LogP contribution in [-0.2, 0) is 14.3 Å². The summed E-state index contributed by atoms with van der Waals surface area (Å²) in [5, 5.41) is 11.3. The van der Waals surface area contributed by atoms with E-state index in [-0.39, 0.29) is 30.4 Å². The molecule has 0 aliphatic carbocycles. The van der Waals surface area contributed by atoms with Crippen molar-refractivity contribution in [1.29, 1.82) is 0 Å². The molecule has 0 spiro atoms. The zero-order chi connectivity index (χ0) is 26.4. The number of nitrogens with zero attached hydrogens (tertiary/aromatic N) is 1. The van der Waals surface area contributed by atoms with Crippen molar-refractivity contribution in [1.82, 2.24) is 4.90 Å². The smallest absolute Gasteiger partial charge is 0.295 e. The molecule has 1 heterocycles. The topological polar surface area (TPSA) is 94.5 Å². The van der Waals surface area contributed by atoms with Gasteiger partial charge in [0.15, 0.2) is 11.5 Å². The molecule has 1 atom stereocenters. The van der Waals surface area contributed by atoms with Gasteiger partial charge in [0.1, 0.15) is 11.5 Å². The zero-order valence-corrected chi connectivity index (χ0v) is 21.8. The van der Waals surface area contributed by atoms with Crippen molar-refractivity contribution < 1.29 is 33.6 Å². The number of hydrogen-bond donors (Lipinski definition) is 1. The van der Waals surface area contributed by atoms with Crippen LogP contribution in [0.1, 0.15) is 43.5 Å². The molecule has 36 heavy (non-hydrogen) atoms. The van der Waals surface area contributed by atoms with Crippen LogP contribution >= 0.6 is 0 Å². The zero-order valence-electron chi connectivity index (χ0n) is 21.8. The number of aliphatic hydroxyl groups excluding tert-OH is 1. The molecule has 0 radical (unpaired) electrons. The highest BCUT2D eigenvalue weighted by Gasteiger charge is 2.46. The monoisotopic (exact) mass is 497 g/mol. The highest BCUT2D eigenvalue weighted by Crippen LogP contribution is 2.42. The third kappa shape index (κ3) is 5.65. The number of carbonyl (C=O) groups is 2. The Bertz CT molecular complexity index is 1140. The second kappa shape index (κ2) is 11.9. The van der Waals surface area contributed by atoms with Crippen LogP contribution < -0.4 is 14.2 Å². The van der Waals surface area contributed by atoms with E-state index in [0.717, 1.165) is 5.56 Å². The number of ketones is 1. The first kappa shape index (κ1) is 27.1. The fourth-order valence-electron chi connectivity index (χ4n) is 4.15. The second-order valence-electron chi connectivity index (χ2n) is 9.01. The lowest BCUT2D eigenvalue weighted by Gasteiger charge is -2.26. The number of methoxy groups -OCH3 is 2. The number of carbonyl (C=O) groups excluding carboxylic acids is 2. The van der Waals surface area contributed by atoms with Crippen LogP contribution in [0, 0.1) is 12.8 Å². The third-order valence-electron chi connectivity index (χ3n) is 5.90. The van der Waals surface area contributed by atoms with Gasteiger partial charge in [0, 0.05) is 19.2 Å². The maximum atomic E-state index is 13.2. The maximum Gasteiger partial charge on any atom is 0.295 e. The van der Waals surface area contributed by atoms with Gasteiger partial charge in [0.05, 0.1) is 38.5 Å². The van der Waals surface area contributed by atoms with Crippen molar-refractivity contribution >= 4 is 17.4 Å². The van der Waals surface area contributed by atoms with Gasteiger partial charge in [-0.05, 0) is 61.2 Å². The van der Waals surface area contributed by atoms with E-state index in [0.29, 0.717) is 41.6 Å². The van der Waals surface area contributed by atoms with Gasteiger partial charge in [-0.25, -0.2) is 0 Å². The molecule has 1 N–H and O–H groups in total. The van der Waals surface area contributed by atoms with Crippen LogP contribution in [0.3, 0.4) is 0 Å². The van der Waals surface area contributed by atoms with Gasteiger partial charge in [-0.2, -0.15) is 0 Å². The summed E-state index contributed by atoms with van der Waals surface area (Å²) in [5.41, 5.74) is 1.86. The minimum absolute atomic E-state index is 0.0136. The van der Waals surface area contributed by atoms with E-state index in [9.17, 15) is 14.7 Å². The lowest BCUT2D eigenvalue weighted by molar-refractivity contribution is -0.140. The second-order valence-corrected chi connectivity index (χ2v) is 9.01. The van der Waals surface area contributed by atoms with Crippen LogP contribution in [0.2, 0.25) is 0 Å². The van der Waals surface area contributed by atoms with E-state index in [4.69, 9.17) is 18.9 Å². The number of rotatable bonds is 11. The van der Waals surface area contributed by atoms with Gasteiger partial charge >= 0.3 is 0 Å². The lowest BCUT2D eigenvalue weighted by Crippen LogP contribution is -2.32. The van der Waals surface area contributed by atoms with Crippen LogP contribution in [0.4, 0.5) is 0 Å². The van der Waals surface area contributed by atoms with E-state index in [2.05, 4.69) is 0 Å². The molecule has 194 valence electrons. The standard InChI is InChI=1S/C28H35NO7/c1-7-35-21-10-9-20(14-18(21)4)26(30)24-25(29(12-13-33-5)28(32)27(24)31)19-8-11-22(34-6)23(15-19)36-16-17(2)3/h8-11,14-15,17,25,30H,7,12-13,16H2,1-6H3/b26-24-. The average Bonchev–Trinajstić information content (AvgIpc) is 3.11. The summed E-state index contributed by atoms with van der Waals surface area (Å²) in [6.07, 6.45) is 0. The number of hydrogen-bond acceptors (Lipinski definition) is 7. The Morgan fingerprint density at radius 2 is 1.75 bits per heavy atom. The molecular weight excluding hydrogens is 462 g/mol. The molecule has 1 fully saturated rings. The minimum atomic E-state index is -0.820. The number of Topliss-reactive ketones (excluding diaryl/α,β-unsaturated/α-hetero) is 1. The van der Waals surface area contributed by atoms with Crippen LogP contribution in [0.15, 0.2) is 42.0 Å². The molecule has 1 aliphatic rings. The normalized spacial score (nSPS) is 17.1. The molecule has 8 heteroatoms. The third-order valence-corrected chi connectivity index (χ3v) is 5.90. The van der Waals surface area contributed by atoms with Gasteiger partial charge in [-0.1, -0.05) is 19.9 Å². The van der Waals surface area contributed by atoms with Gasteiger partial charge < -0.3 is 29.0 Å². The largest absolute Gasteiger partial charge is 0.507 e. The number of likely N-dealkylation sites (tertiary alicyclic amines) is 1. The van der Waals surface area contributed by atoms with Gasteiger partial charge in [-0.15, -0.1) is 0 Å². The summed E-state index contributed by atoms with van der Waals surface area (Å²) in [6.45, 7) is 9.22. The SMILES string of the molecule is CCOc1ccc(/C(O)=C2/C(=O)C(=O)N(CCOC)C2c2ccc(OC)c(OCC(C)C)c2)cc1C. The number of aryl methyl sites for hydroxylation is 1. The summed E-state index contributed by atoms with van der Waals surface area (Å²) in [4.78, 5) is 27.7. The molecule has 8 nitrogen and oxygen atoms in total. The van der Waals surface area contributed by atoms with Crippen LogP contribution in [-0.4, -0.2) is 62.3 Å². The highest BCUT2D eigenvalue weighted by atomic mass is 16.5. The Kier molecular flexibility index (Phi) is 8.98. The van der Waals surface area contributed by atoms with Crippen molar-refractivity contribution in [3.05, 3.63) is 58.7 Å². The van der Waals surface area contributed by atoms with E-state index in [1.165, 1.54) is 12.0 Å². The Labute approximate surface area is 212 Å². The summed E-state index contributed by atoms with van der Waals surface area (Å²) in [7, 11) is 3.08. The van der Waals surface area contributed by atoms with Crippen molar-refractivity contribution in [2.24, 2.45) is 5.92 Å². The molecule has 0 aromatic heterocycles. The maximum absolute atomic E-state index is 13.2. The van der Waals surface area contributed by atoms with Crippen molar-refractivity contribution in [3.8, 4) is 17.2 Å². The number of ether oxygens (including phenoxy) is 4. The van der Waals surface area contributed by atoms with E-state index in [1.807, 2.05) is 27.7 Å². The van der Waals surface area contributed by atoms with Gasteiger partial charge in [0.25, 0.3) is 11.7 Å². The van der Waals surface area contributed by atoms with Crippen molar-refractivity contribution in [3.63, 3.8) is 0 Å². The fraction of sp³-hybridized carbons (Fsp3) is 0.429. The predicted molar refractivity (Wildman–Crippen MR) is 137 cm³/mol. The molecule has 3 rings (SSSR count). The van der Waals surface area contributed by atoms with E-state index in [1.54, 1.807) is 43.5 Å². The molecule has 1 unspecified atom stereocenters. The first-order valence-corrected chi connectivity index (χ1v) is 12.0. The minimum Gasteiger partial charge on any atom is -0.507 e. The molecule has 2 aromatic rings. The lowest BCUT2D eigenvalue weighted by atomic mass is 9.94. The Balaban J connectivity index is 2.15. The number of amides is 1. The quantitative estimate of drug-likeness (QED) is 0.277. The summed E-state index contributed by atoms with van der Waals surface area (Å²) < 4.78 is 22.2.